The number of thioether (sulfide) groups is 1. The van der Waals surface area contributed by atoms with E-state index >= 15 is 0 Å². The zero-order valence-corrected chi connectivity index (χ0v) is 16.6. The van der Waals surface area contributed by atoms with Gasteiger partial charge in [0.2, 0.25) is 11.8 Å². The number of carbonyl (C=O) groups excluding carboxylic acids is 2. The van der Waals surface area contributed by atoms with Crippen molar-refractivity contribution in [3.8, 4) is 0 Å². The van der Waals surface area contributed by atoms with Crippen molar-refractivity contribution in [2.45, 2.75) is 45.2 Å². The van der Waals surface area contributed by atoms with Crippen LogP contribution in [0.3, 0.4) is 0 Å². The Hall–Kier alpha value is -1.53. The summed E-state index contributed by atoms with van der Waals surface area (Å²) in [6.45, 7) is 4.61. The van der Waals surface area contributed by atoms with Crippen LogP contribution in [-0.2, 0) is 16.0 Å². The van der Waals surface area contributed by atoms with Crippen LogP contribution in [0.15, 0.2) is 30.3 Å². The summed E-state index contributed by atoms with van der Waals surface area (Å²) >= 11 is 1.90. The second-order valence-corrected chi connectivity index (χ2v) is 8.28. The molecule has 2 amide bonds. The van der Waals surface area contributed by atoms with Crippen molar-refractivity contribution < 1.29 is 9.59 Å². The molecule has 3 N–H and O–H groups in total. The smallest absolute Gasteiger partial charge is 0.245 e. The van der Waals surface area contributed by atoms with Gasteiger partial charge in [0.25, 0.3) is 0 Å². The van der Waals surface area contributed by atoms with Crippen molar-refractivity contribution in [3.05, 3.63) is 35.9 Å². The van der Waals surface area contributed by atoms with Gasteiger partial charge in [0.1, 0.15) is 6.04 Å². The molecule has 0 spiro atoms. The molecule has 1 fully saturated rings. The fraction of sp³-hybridized carbons (Fsp3) is 0.600. The summed E-state index contributed by atoms with van der Waals surface area (Å²) in [6, 6.07) is 10.3. The van der Waals surface area contributed by atoms with Gasteiger partial charge in [-0.1, -0.05) is 44.2 Å². The highest BCUT2D eigenvalue weighted by molar-refractivity contribution is 7.99. The number of nitrogens with two attached hydrogens (primary N) is 1. The minimum absolute atomic E-state index is 0.0351. The van der Waals surface area contributed by atoms with Crippen LogP contribution in [0.5, 0.6) is 0 Å². The van der Waals surface area contributed by atoms with E-state index in [1.807, 2.05) is 36.6 Å². The maximum Gasteiger partial charge on any atom is 0.245 e. The predicted octanol–water partition coefficient (Wildman–Crippen LogP) is 2.05. The normalized spacial score (nSPS) is 18.2. The largest absolute Gasteiger partial charge is 0.343 e. The van der Waals surface area contributed by atoms with Crippen LogP contribution in [0, 0.1) is 5.92 Å². The van der Waals surface area contributed by atoms with E-state index in [-0.39, 0.29) is 30.3 Å². The Morgan fingerprint density at radius 3 is 2.69 bits per heavy atom. The first-order chi connectivity index (χ1) is 12.5. The monoisotopic (exact) mass is 377 g/mol. The SMILES string of the molecule is CC(C)C(NC(=O)CN)C(=O)N1CCCC1CSCCc1ccccc1. The molecule has 0 saturated carbocycles. The summed E-state index contributed by atoms with van der Waals surface area (Å²) in [6.07, 6.45) is 3.12. The highest BCUT2D eigenvalue weighted by Gasteiger charge is 2.34. The van der Waals surface area contributed by atoms with Crippen molar-refractivity contribution in [2.75, 3.05) is 24.6 Å². The first-order valence-corrected chi connectivity index (χ1v) is 10.6. The lowest BCUT2D eigenvalue weighted by Crippen LogP contribution is -2.53. The summed E-state index contributed by atoms with van der Waals surface area (Å²) in [5.74, 6) is 1.82. The highest BCUT2D eigenvalue weighted by Crippen LogP contribution is 2.23. The van der Waals surface area contributed by atoms with Crippen LogP contribution in [0.4, 0.5) is 0 Å². The second-order valence-electron chi connectivity index (χ2n) is 7.13. The molecule has 2 atom stereocenters. The highest BCUT2D eigenvalue weighted by atomic mass is 32.2. The molecule has 5 nitrogen and oxygen atoms in total. The molecule has 1 aliphatic heterocycles. The molecule has 6 heteroatoms. The number of likely N-dealkylation sites (tertiary alicyclic amines) is 1. The average Bonchev–Trinajstić information content (AvgIpc) is 3.11. The lowest BCUT2D eigenvalue weighted by Gasteiger charge is -2.31. The van der Waals surface area contributed by atoms with Crippen LogP contribution in [0.25, 0.3) is 0 Å². The number of amides is 2. The lowest BCUT2D eigenvalue weighted by molar-refractivity contribution is -0.137. The summed E-state index contributed by atoms with van der Waals surface area (Å²) in [5.41, 5.74) is 6.74. The average molecular weight is 378 g/mol. The lowest BCUT2D eigenvalue weighted by atomic mass is 10.0. The van der Waals surface area contributed by atoms with Gasteiger partial charge in [0, 0.05) is 18.3 Å². The zero-order valence-electron chi connectivity index (χ0n) is 15.8. The number of hydrogen-bond acceptors (Lipinski definition) is 4. The summed E-state index contributed by atoms with van der Waals surface area (Å²) in [7, 11) is 0. The van der Waals surface area contributed by atoms with E-state index in [0.29, 0.717) is 0 Å². The maximum atomic E-state index is 13.0. The molecule has 1 heterocycles. The third-order valence-corrected chi connectivity index (χ3v) is 5.90. The number of benzene rings is 1. The molecule has 1 aliphatic rings. The first kappa shape index (κ1) is 20.8. The van der Waals surface area contributed by atoms with Gasteiger partial charge in [-0.15, -0.1) is 0 Å². The molecular formula is C20H31N3O2S. The van der Waals surface area contributed by atoms with Crippen molar-refractivity contribution in [2.24, 2.45) is 11.7 Å². The van der Waals surface area contributed by atoms with E-state index < -0.39 is 6.04 Å². The molecule has 2 rings (SSSR count). The number of nitrogens with one attached hydrogen (secondary N) is 1. The minimum Gasteiger partial charge on any atom is -0.343 e. The molecule has 1 saturated heterocycles. The van der Waals surface area contributed by atoms with Crippen molar-refractivity contribution in [1.82, 2.24) is 10.2 Å². The quantitative estimate of drug-likeness (QED) is 0.646. The summed E-state index contributed by atoms with van der Waals surface area (Å²) < 4.78 is 0. The van der Waals surface area contributed by atoms with Gasteiger partial charge in [-0.3, -0.25) is 9.59 Å². The molecular weight excluding hydrogens is 346 g/mol. The summed E-state index contributed by atoms with van der Waals surface area (Å²) in [5, 5.41) is 2.79. The number of rotatable bonds is 9. The molecule has 2 unspecified atom stereocenters. The van der Waals surface area contributed by atoms with Crippen LogP contribution < -0.4 is 11.1 Å². The third kappa shape index (κ3) is 6.02. The predicted molar refractivity (Wildman–Crippen MR) is 108 cm³/mol. The maximum absolute atomic E-state index is 13.0. The van der Waals surface area contributed by atoms with Crippen LogP contribution in [0.2, 0.25) is 0 Å². The fourth-order valence-electron chi connectivity index (χ4n) is 3.28. The van der Waals surface area contributed by atoms with Gasteiger partial charge in [0.15, 0.2) is 0 Å². The van der Waals surface area contributed by atoms with Gasteiger partial charge >= 0.3 is 0 Å². The number of aryl methyl sites for hydroxylation is 1. The van der Waals surface area contributed by atoms with E-state index in [4.69, 9.17) is 5.73 Å². The molecule has 0 aliphatic carbocycles. The van der Waals surface area contributed by atoms with Gasteiger partial charge < -0.3 is 16.0 Å². The fourth-order valence-corrected chi connectivity index (χ4v) is 4.44. The van der Waals surface area contributed by atoms with Crippen molar-refractivity contribution in [3.63, 3.8) is 0 Å². The van der Waals surface area contributed by atoms with Gasteiger partial charge in [0.05, 0.1) is 6.54 Å². The molecule has 0 radical (unpaired) electrons. The minimum atomic E-state index is -0.485. The molecule has 144 valence electrons. The Bertz CT molecular complexity index is 580. The van der Waals surface area contributed by atoms with E-state index in [0.717, 1.165) is 37.3 Å². The van der Waals surface area contributed by atoms with Gasteiger partial charge in [-0.05, 0) is 36.5 Å². The molecule has 26 heavy (non-hydrogen) atoms. The second kappa shape index (κ2) is 10.6. The Morgan fingerprint density at radius 1 is 1.31 bits per heavy atom. The third-order valence-electron chi connectivity index (χ3n) is 4.78. The van der Waals surface area contributed by atoms with Crippen molar-refractivity contribution in [1.29, 1.82) is 0 Å². The molecule has 0 bridgehead atoms. The van der Waals surface area contributed by atoms with E-state index in [1.165, 1.54) is 5.56 Å². The topological polar surface area (TPSA) is 75.4 Å². The number of carbonyl (C=O) groups is 2. The van der Waals surface area contributed by atoms with Crippen LogP contribution >= 0.6 is 11.8 Å². The zero-order chi connectivity index (χ0) is 18.9. The Balaban J connectivity index is 1.85. The van der Waals surface area contributed by atoms with Gasteiger partial charge in [-0.2, -0.15) is 11.8 Å². The Kier molecular flexibility index (Phi) is 8.45. The Labute approximate surface area is 161 Å². The molecule has 1 aromatic rings. The van der Waals surface area contributed by atoms with E-state index in [9.17, 15) is 9.59 Å². The van der Waals surface area contributed by atoms with Crippen LogP contribution in [0.1, 0.15) is 32.3 Å². The van der Waals surface area contributed by atoms with Gasteiger partial charge in [-0.25, -0.2) is 0 Å². The van der Waals surface area contributed by atoms with E-state index in [2.05, 4.69) is 29.6 Å². The number of nitrogens with zero attached hydrogens (tertiary/aromatic N) is 1. The summed E-state index contributed by atoms with van der Waals surface area (Å²) in [4.78, 5) is 26.6. The number of hydrogen-bond donors (Lipinski definition) is 2. The van der Waals surface area contributed by atoms with E-state index in [1.54, 1.807) is 0 Å². The standard InChI is InChI=1S/C20H31N3O2S/c1-15(2)19(22-18(24)13-21)20(25)23-11-6-9-17(23)14-26-12-10-16-7-4-3-5-8-16/h3-5,7-8,15,17,19H,6,9-14,21H2,1-2H3,(H,22,24). The molecule has 1 aromatic carbocycles. The van der Waals surface area contributed by atoms with Crippen LogP contribution in [-0.4, -0.2) is 53.4 Å². The molecule has 0 aromatic heterocycles. The van der Waals surface area contributed by atoms with Crippen molar-refractivity contribution >= 4 is 23.6 Å². The first-order valence-electron chi connectivity index (χ1n) is 9.44. The Morgan fingerprint density at radius 2 is 2.04 bits per heavy atom.